The van der Waals surface area contributed by atoms with Crippen molar-refractivity contribution in [2.75, 3.05) is 7.11 Å². The third-order valence-corrected chi connectivity index (χ3v) is 4.07. The molecule has 2 rings (SSSR count). The number of nitro benzene ring substituents is 1. The monoisotopic (exact) mass is 459 g/mol. The average Bonchev–Trinajstić information content (AvgIpc) is 2.62. The third kappa shape index (κ3) is 4.51. The van der Waals surface area contributed by atoms with Crippen LogP contribution in [0.4, 0.5) is 27.6 Å². The smallest absolute Gasteiger partial charge is 0.458 e. The number of carbonyl (C=O) groups is 1. The molecule has 0 saturated heterocycles. The van der Waals surface area contributed by atoms with Crippen molar-refractivity contribution in [3.63, 3.8) is 0 Å². The zero-order valence-corrected chi connectivity index (χ0v) is 15.5. The molecule has 2 aromatic carbocycles. The summed E-state index contributed by atoms with van der Waals surface area (Å²) in [5.41, 5.74) is -2.62. The molecule has 6 nitrogen and oxygen atoms in total. The maximum absolute atomic E-state index is 13.5. The Labute approximate surface area is 168 Å². The fourth-order valence-corrected chi connectivity index (χ4v) is 2.70. The molecule has 0 unspecified atom stereocenters. The molecular weight excluding hydrogens is 452 g/mol. The van der Waals surface area contributed by atoms with Crippen LogP contribution in [-0.2, 0) is 10.7 Å². The van der Waals surface area contributed by atoms with Gasteiger partial charge in [-0.15, -0.1) is 0 Å². The Morgan fingerprint density at radius 1 is 1.07 bits per heavy atom. The molecule has 0 fully saturated rings. The molecule has 0 N–H and O–H groups in total. The van der Waals surface area contributed by atoms with Gasteiger partial charge in [0.05, 0.1) is 22.1 Å². The number of ether oxygens (including phenoxy) is 2. The van der Waals surface area contributed by atoms with E-state index in [1.165, 1.54) is 0 Å². The second kappa shape index (κ2) is 7.99. The molecule has 0 aliphatic rings. The molecule has 0 atom stereocenters. The Balaban J connectivity index is 2.48. The summed E-state index contributed by atoms with van der Waals surface area (Å²) in [4.78, 5) is 21.8. The first-order valence-corrected chi connectivity index (χ1v) is 8.04. The number of alkyl halides is 5. The summed E-state index contributed by atoms with van der Waals surface area (Å²) >= 11 is 11.5. The van der Waals surface area contributed by atoms with Gasteiger partial charge in [-0.1, -0.05) is 23.2 Å². The normalized spacial score (nSPS) is 11.9. The number of esters is 1. The molecule has 29 heavy (non-hydrogen) atoms. The van der Waals surface area contributed by atoms with E-state index in [0.717, 1.165) is 25.3 Å². The highest BCUT2D eigenvalue weighted by atomic mass is 35.5. The van der Waals surface area contributed by atoms with Gasteiger partial charge >= 0.3 is 18.1 Å². The van der Waals surface area contributed by atoms with Crippen molar-refractivity contribution in [1.29, 1.82) is 0 Å². The molecule has 0 saturated carbocycles. The van der Waals surface area contributed by atoms with Crippen molar-refractivity contribution in [3.8, 4) is 11.5 Å². The maximum atomic E-state index is 13.5. The topological polar surface area (TPSA) is 78.7 Å². The molecule has 13 heteroatoms. The van der Waals surface area contributed by atoms with Gasteiger partial charge in [0.15, 0.2) is 5.75 Å². The zero-order chi connectivity index (χ0) is 22.1. The van der Waals surface area contributed by atoms with Crippen LogP contribution in [0.2, 0.25) is 10.0 Å². The van der Waals surface area contributed by atoms with Gasteiger partial charge in [-0.05, 0) is 18.2 Å². The van der Waals surface area contributed by atoms with E-state index in [1.807, 2.05) is 0 Å². The van der Waals surface area contributed by atoms with E-state index in [9.17, 15) is 36.9 Å². The molecule has 0 amide bonds. The van der Waals surface area contributed by atoms with Gasteiger partial charge in [0.2, 0.25) is 0 Å². The van der Waals surface area contributed by atoms with E-state index in [2.05, 4.69) is 4.74 Å². The van der Waals surface area contributed by atoms with Gasteiger partial charge < -0.3 is 9.47 Å². The lowest BCUT2D eigenvalue weighted by molar-refractivity contribution is -0.385. The van der Waals surface area contributed by atoms with Crippen molar-refractivity contribution >= 4 is 34.9 Å². The molecule has 0 bridgehead atoms. The van der Waals surface area contributed by atoms with E-state index in [4.69, 9.17) is 27.9 Å². The van der Waals surface area contributed by atoms with Gasteiger partial charge in [0.25, 0.3) is 5.69 Å². The lowest BCUT2D eigenvalue weighted by Crippen LogP contribution is -2.33. The Bertz CT molecular complexity index is 958. The lowest BCUT2D eigenvalue weighted by Gasteiger charge is -2.21. The summed E-state index contributed by atoms with van der Waals surface area (Å²) in [6, 6.07) is 3.48. The minimum atomic E-state index is -5.88. The molecular formula is C16H8Cl2F5NO5. The van der Waals surface area contributed by atoms with Gasteiger partial charge in [0.1, 0.15) is 11.3 Å². The highest BCUT2D eigenvalue weighted by Crippen LogP contribution is 2.47. The number of halogens is 7. The number of methoxy groups -OCH3 is 1. The second-order valence-corrected chi connectivity index (χ2v) is 6.19. The Hall–Kier alpha value is -2.66. The fourth-order valence-electron chi connectivity index (χ4n) is 2.13. The first kappa shape index (κ1) is 22.6. The summed E-state index contributed by atoms with van der Waals surface area (Å²) in [6.07, 6.45) is -5.88. The van der Waals surface area contributed by atoms with E-state index < -0.39 is 55.6 Å². The van der Waals surface area contributed by atoms with Crippen molar-refractivity contribution in [3.05, 3.63) is 61.6 Å². The zero-order valence-electron chi connectivity index (χ0n) is 14.0. The van der Waals surface area contributed by atoms with Crippen molar-refractivity contribution < 1.29 is 41.1 Å². The van der Waals surface area contributed by atoms with Crippen LogP contribution in [0.5, 0.6) is 11.5 Å². The molecule has 156 valence electrons. The maximum Gasteiger partial charge on any atom is 0.458 e. The standard InChI is InChI=1S/C16H8Cl2F5NO5/c1-28-14(25)9-6-8(2-3-12(9)24(26)27)29-13-10(17)4-7(5-11(13)18)15(19,20)16(21,22)23/h2-6H,1H3. The molecule has 0 aliphatic heterocycles. The van der Waals surface area contributed by atoms with Crippen LogP contribution in [0.25, 0.3) is 0 Å². The first-order chi connectivity index (χ1) is 13.3. The van der Waals surface area contributed by atoms with Crippen molar-refractivity contribution in [2.24, 2.45) is 0 Å². The van der Waals surface area contributed by atoms with Crippen LogP contribution in [-0.4, -0.2) is 24.2 Å². The van der Waals surface area contributed by atoms with E-state index >= 15 is 0 Å². The van der Waals surface area contributed by atoms with Crippen molar-refractivity contribution in [1.82, 2.24) is 0 Å². The van der Waals surface area contributed by atoms with Crippen LogP contribution in [0, 0.1) is 10.1 Å². The Kier molecular flexibility index (Phi) is 6.24. The number of hydrogen-bond donors (Lipinski definition) is 0. The Morgan fingerprint density at radius 3 is 2.07 bits per heavy atom. The highest BCUT2D eigenvalue weighted by molar-refractivity contribution is 6.37. The van der Waals surface area contributed by atoms with Crippen LogP contribution >= 0.6 is 23.2 Å². The number of nitrogens with zero attached hydrogens (tertiary/aromatic N) is 1. The second-order valence-electron chi connectivity index (χ2n) is 5.37. The Morgan fingerprint density at radius 2 is 1.62 bits per heavy atom. The van der Waals surface area contributed by atoms with Crippen LogP contribution in [0.3, 0.4) is 0 Å². The summed E-state index contributed by atoms with van der Waals surface area (Å²) in [5, 5.41) is 9.61. The summed E-state index contributed by atoms with van der Waals surface area (Å²) in [7, 11) is 0.979. The highest BCUT2D eigenvalue weighted by Gasteiger charge is 2.59. The molecule has 0 spiro atoms. The molecule has 0 aliphatic carbocycles. The van der Waals surface area contributed by atoms with Gasteiger partial charge in [-0.25, -0.2) is 4.79 Å². The molecule has 0 radical (unpaired) electrons. The number of hydrogen-bond acceptors (Lipinski definition) is 5. The van der Waals surface area contributed by atoms with Crippen LogP contribution in [0.1, 0.15) is 15.9 Å². The number of rotatable bonds is 5. The van der Waals surface area contributed by atoms with Gasteiger partial charge in [0, 0.05) is 17.7 Å². The summed E-state index contributed by atoms with van der Waals surface area (Å²) in [5.74, 6) is -7.03. The molecule has 0 heterocycles. The van der Waals surface area contributed by atoms with E-state index in [1.54, 1.807) is 0 Å². The summed E-state index contributed by atoms with van der Waals surface area (Å²) < 4.78 is 74.2. The fraction of sp³-hybridized carbons (Fsp3) is 0.188. The van der Waals surface area contributed by atoms with E-state index in [0.29, 0.717) is 12.1 Å². The number of nitro groups is 1. The van der Waals surface area contributed by atoms with Gasteiger partial charge in [-0.2, -0.15) is 22.0 Å². The lowest BCUT2D eigenvalue weighted by atomic mass is 10.1. The number of carbonyl (C=O) groups excluding carboxylic acids is 1. The number of benzene rings is 2. The SMILES string of the molecule is COC(=O)c1cc(Oc2c(Cl)cc(C(F)(F)C(F)(F)F)cc2Cl)ccc1[N+](=O)[O-]. The van der Waals surface area contributed by atoms with Crippen LogP contribution in [0.15, 0.2) is 30.3 Å². The van der Waals surface area contributed by atoms with Gasteiger partial charge in [-0.3, -0.25) is 10.1 Å². The minimum Gasteiger partial charge on any atom is -0.465 e. The minimum absolute atomic E-state index is 0.241. The molecule has 0 aromatic heterocycles. The predicted molar refractivity (Wildman–Crippen MR) is 90.9 cm³/mol. The third-order valence-electron chi connectivity index (χ3n) is 3.51. The first-order valence-electron chi connectivity index (χ1n) is 7.28. The van der Waals surface area contributed by atoms with Crippen molar-refractivity contribution in [2.45, 2.75) is 12.1 Å². The largest absolute Gasteiger partial charge is 0.465 e. The predicted octanol–water partition coefficient (Wildman–Crippen LogP) is 6.13. The quantitative estimate of drug-likeness (QED) is 0.232. The summed E-state index contributed by atoms with van der Waals surface area (Å²) in [6.45, 7) is 0. The van der Waals surface area contributed by atoms with E-state index in [-0.39, 0.29) is 5.75 Å². The van der Waals surface area contributed by atoms with Crippen LogP contribution < -0.4 is 4.74 Å². The molecule has 2 aromatic rings. The average molecular weight is 460 g/mol.